The van der Waals surface area contributed by atoms with Crippen LogP contribution in [0.25, 0.3) is 22.5 Å². The number of aromatic nitrogens is 5. The molecule has 0 radical (unpaired) electrons. The van der Waals surface area contributed by atoms with Crippen LogP contribution in [0, 0.1) is 17.8 Å². The van der Waals surface area contributed by atoms with E-state index in [9.17, 15) is 18.4 Å². The molecule has 198 valence electrons. The second kappa shape index (κ2) is 10.7. The Hall–Kier alpha value is -5.07. The van der Waals surface area contributed by atoms with Crippen LogP contribution in [0.4, 0.5) is 26.0 Å². The number of nitrogens with zero attached hydrogens (tertiary/aromatic N) is 5. The van der Waals surface area contributed by atoms with E-state index in [-0.39, 0.29) is 51.7 Å². The third-order valence-electron chi connectivity index (χ3n) is 5.83. The fourth-order valence-electron chi connectivity index (χ4n) is 3.76. The lowest BCUT2D eigenvalue weighted by Gasteiger charge is -2.16. The maximum atomic E-state index is 14.1. The summed E-state index contributed by atoms with van der Waals surface area (Å²) in [5.41, 5.74) is 0.687. The highest BCUT2D eigenvalue weighted by Gasteiger charge is 2.30. The zero-order valence-electron chi connectivity index (χ0n) is 23.3. The molecule has 0 spiro atoms. The summed E-state index contributed by atoms with van der Waals surface area (Å²) in [5.74, 6) is -2.87. The van der Waals surface area contributed by atoms with Crippen LogP contribution < -0.4 is 20.7 Å². The van der Waals surface area contributed by atoms with E-state index >= 15 is 0 Å². The number of anilines is 3. The number of amides is 2. The SMILES string of the molecule is [2H]C([2H])([2H])NC(=O)c1nnc(NC(=O)C2CC2)cc1Nc1cccc(-c2ncc(-c3ccc(F)nc3F)cn2)c1OC. The Balaban J connectivity index is 1.49. The summed E-state index contributed by atoms with van der Waals surface area (Å²) in [7, 11) is 1.40. The van der Waals surface area contributed by atoms with Crippen LogP contribution in [-0.2, 0) is 4.79 Å². The van der Waals surface area contributed by atoms with E-state index in [1.165, 1.54) is 31.6 Å². The van der Waals surface area contributed by atoms with Gasteiger partial charge in [-0.25, -0.2) is 9.97 Å². The highest BCUT2D eigenvalue weighted by Crippen LogP contribution is 2.37. The molecule has 0 aliphatic heterocycles. The van der Waals surface area contributed by atoms with E-state index in [1.807, 2.05) is 5.32 Å². The fraction of sp³-hybridized carbons (Fsp3) is 0.192. The predicted molar refractivity (Wildman–Crippen MR) is 137 cm³/mol. The van der Waals surface area contributed by atoms with Gasteiger partial charge in [-0.15, -0.1) is 10.2 Å². The Kier molecular flexibility index (Phi) is 6.04. The van der Waals surface area contributed by atoms with E-state index in [2.05, 4.69) is 35.8 Å². The van der Waals surface area contributed by atoms with Crippen LogP contribution in [0.15, 0.2) is 48.8 Å². The van der Waals surface area contributed by atoms with Gasteiger partial charge in [0.2, 0.25) is 17.8 Å². The third-order valence-corrected chi connectivity index (χ3v) is 5.83. The first kappa shape index (κ1) is 22.0. The topological polar surface area (TPSA) is 144 Å². The molecule has 4 aromatic rings. The molecule has 1 fully saturated rings. The lowest BCUT2D eigenvalue weighted by atomic mass is 10.1. The zero-order chi connectivity index (χ0) is 30.0. The maximum Gasteiger partial charge on any atom is 0.273 e. The Labute approximate surface area is 225 Å². The van der Waals surface area contributed by atoms with Crippen molar-refractivity contribution in [1.82, 2.24) is 30.5 Å². The Morgan fingerprint density at radius 1 is 1.05 bits per heavy atom. The van der Waals surface area contributed by atoms with Crippen molar-refractivity contribution in [3.63, 3.8) is 0 Å². The van der Waals surface area contributed by atoms with E-state index < -0.39 is 24.8 Å². The molecule has 13 heteroatoms. The van der Waals surface area contributed by atoms with Gasteiger partial charge in [0.15, 0.2) is 23.1 Å². The second-order valence-corrected chi connectivity index (χ2v) is 8.49. The van der Waals surface area contributed by atoms with Gasteiger partial charge in [-0.05, 0) is 37.1 Å². The maximum absolute atomic E-state index is 14.1. The molecule has 0 atom stereocenters. The number of hydrogen-bond acceptors (Lipinski definition) is 9. The lowest BCUT2D eigenvalue weighted by molar-refractivity contribution is -0.117. The number of nitrogens with one attached hydrogen (secondary N) is 3. The van der Waals surface area contributed by atoms with E-state index in [4.69, 9.17) is 8.85 Å². The van der Waals surface area contributed by atoms with Gasteiger partial charge in [0, 0.05) is 46.6 Å². The van der Waals surface area contributed by atoms with Crippen molar-refractivity contribution in [2.45, 2.75) is 12.8 Å². The molecule has 1 aromatic carbocycles. The summed E-state index contributed by atoms with van der Waals surface area (Å²) in [5, 5.41) is 15.2. The number of ether oxygens (including phenoxy) is 1. The number of para-hydroxylation sites is 1. The van der Waals surface area contributed by atoms with Gasteiger partial charge in [-0.2, -0.15) is 13.8 Å². The minimum atomic E-state index is -2.79. The van der Waals surface area contributed by atoms with Crippen molar-refractivity contribution in [3.05, 3.63) is 66.4 Å². The van der Waals surface area contributed by atoms with E-state index in [0.717, 1.165) is 18.9 Å². The molecule has 0 bridgehead atoms. The van der Waals surface area contributed by atoms with Gasteiger partial charge in [0.25, 0.3) is 5.91 Å². The summed E-state index contributed by atoms with van der Waals surface area (Å²) in [6.07, 6.45) is 4.20. The molecule has 3 heterocycles. The number of hydrogen-bond donors (Lipinski definition) is 3. The first-order valence-corrected chi connectivity index (χ1v) is 11.6. The third kappa shape index (κ3) is 5.46. The number of carbonyl (C=O) groups excluding carboxylic acids is 2. The van der Waals surface area contributed by atoms with Gasteiger partial charge in [0.1, 0.15) is 0 Å². The van der Waals surface area contributed by atoms with Gasteiger partial charge < -0.3 is 20.7 Å². The van der Waals surface area contributed by atoms with E-state index in [1.54, 1.807) is 18.2 Å². The molecule has 3 aromatic heterocycles. The fourth-order valence-corrected chi connectivity index (χ4v) is 3.76. The minimum Gasteiger partial charge on any atom is -0.494 e. The molecule has 3 N–H and O–H groups in total. The molecule has 1 aliphatic rings. The number of carbonyl (C=O) groups is 2. The van der Waals surface area contributed by atoms with Crippen LogP contribution >= 0.6 is 0 Å². The summed E-state index contributed by atoms with van der Waals surface area (Å²) in [6.45, 7) is -2.79. The Bertz CT molecular complexity index is 1670. The number of pyridine rings is 1. The van der Waals surface area contributed by atoms with Gasteiger partial charge in [-0.3, -0.25) is 9.59 Å². The molecule has 0 saturated heterocycles. The van der Waals surface area contributed by atoms with Gasteiger partial charge >= 0.3 is 0 Å². The number of benzene rings is 1. The average molecular weight is 536 g/mol. The smallest absolute Gasteiger partial charge is 0.273 e. The molecule has 39 heavy (non-hydrogen) atoms. The molecular formula is C26H22F2N8O3. The Morgan fingerprint density at radius 2 is 1.85 bits per heavy atom. The van der Waals surface area contributed by atoms with Crippen molar-refractivity contribution in [2.75, 3.05) is 24.7 Å². The molecule has 5 rings (SSSR count). The van der Waals surface area contributed by atoms with Crippen molar-refractivity contribution in [2.24, 2.45) is 5.92 Å². The normalized spacial score (nSPS) is 14.0. The molecule has 1 aliphatic carbocycles. The molecule has 11 nitrogen and oxygen atoms in total. The number of methoxy groups -OCH3 is 1. The molecular weight excluding hydrogens is 510 g/mol. The summed E-state index contributed by atoms with van der Waals surface area (Å²) < 4.78 is 55.1. The van der Waals surface area contributed by atoms with Gasteiger partial charge in [0.05, 0.1) is 24.0 Å². The predicted octanol–water partition coefficient (Wildman–Crippen LogP) is 3.73. The Morgan fingerprint density at radius 3 is 2.54 bits per heavy atom. The van der Waals surface area contributed by atoms with Crippen LogP contribution in [-0.4, -0.2) is 51.0 Å². The largest absolute Gasteiger partial charge is 0.494 e. The first-order valence-electron chi connectivity index (χ1n) is 13.1. The van der Waals surface area contributed by atoms with Gasteiger partial charge in [-0.1, -0.05) is 6.07 Å². The van der Waals surface area contributed by atoms with Crippen LogP contribution in [0.2, 0.25) is 0 Å². The summed E-state index contributed by atoms with van der Waals surface area (Å²) >= 11 is 0. The van der Waals surface area contributed by atoms with Crippen LogP contribution in [0.3, 0.4) is 0 Å². The van der Waals surface area contributed by atoms with Crippen molar-refractivity contribution in [3.8, 4) is 28.3 Å². The van der Waals surface area contributed by atoms with Crippen LogP contribution in [0.5, 0.6) is 5.75 Å². The van der Waals surface area contributed by atoms with E-state index in [0.29, 0.717) is 11.3 Å². The number of halogens is 2. The monoisotopic (exact) mass is 535 g/mol. The molecule has 1 saturated carbocycles. The summed E-state index contributed by atoms with van der Waals surface area (Å²) in [4.78, 5) is 36.8. The quantitative estimate of drug-likeness (QED) is 0.288. The molecule has 2 amide bonds. The minimum absolute atomic E-state index is 0.0166. The molecule has 0 unspecified atom stereocenters. The second-order valence-electron chi connectivity index (χ2n) is 8.49. The van der Waals surface area contributed by atoms with Crippen LogP contribution in [0.1, 0.15) is 27.4 Å². The number of rotatable bonds is 8. The standard InChI is InChI=1S/C26H22F2N8O3/c1-29-26(38)21-18(10-20(35-36-21)34-25(37)13-6-7-13)32-17-5-3-4-16(22(17)39-2)24-30-11-14(12-31-24)15-8-9-19(27)33-23(15)28/h3-5,8-13H,6-7H2,1-2H3,(H,29,38)(H2,32,34,35,37)/i1D3. The lowest BCUT2D eigenvalue weighted by Crippen LogP contribution is -2.22. The van der Waals surface area contributed by atoms with Crippen molar-refractivity contribution < 1.29 is 27.2 Å². The van der Waals surface area contributed by atoms with Crippen molar-refractivity contribution in [1.29, 1.82) is 0 Å². The highest BCUT2D eigenvalue weighted by atomic mass is 19.1. The van der Waals surface area contributed by atoms with Crippen molar-refractivity contribution >= 4 is 29.0 Å². The summed E-state index contributed by atoms with van der Waals surface area (Å²) in [6, 6.07) is 8.52. The highest BCUT2D eigenvalue weighted by molar-refractivity contribution is 6.00. The zero-order valence-corrected chi connectivity index (χ0v) is 20.3. The average Bonchev–Trinajstić information content (AvgIpc) is 3.78. The first-order chi connectivity index (χ1) is 20.0.